The molecule has 1 saturated heterocycles. The number of nitrogens with one attached hydrogen (secondary N) is 1. The van der Waals surface area contributed by atoms with Crippen LogP contribution in [0.15, 0.2) is 0 Å². The Kier molecular flexibility index (Phi) is 4.81. The quantitative estimate of drug-likeness (QED) is 0.796. The zero-order valence-corrected chi connectivity index (χ0v) is 11.9. The topological polar surface area (TPSA) is 15.3 Å². The van der Waals surface area contributed by atoms with E-state index in [-0.39, 0.29) is 5.54 Å². The SMILES string of the molecule is CC1(C)CCCN(CCNC(C)(C)C)CC1. The van der Waals surface area contributed by atoms with Crippen LogP contribution in [-0.2, 0) is 0 Å². The Hall–Kier alpha value is -0.0800. The highest BCUT2D eigenvalue weighted by molar-refractivity contribution is 4.77. The van der Waals surface area contributed by atoms with Crippen molar-refractivity contribution in [2.45, 2.75) is 59.4 Å². The third-order valence-electron chi connectivity index (χ3n) is 3.52. The van der Waals surface area contributed by atoms with Gasteiger partial charge in [-0.05, 0) is 58.5 Å². The first kappa shape index (κ1) is 14.0. The fourth-order valence-electron chi connectivity index (χ4n) is 2.29. The lowest BCUT2D eigenvalue weighted by Gasteiger charge is -2.26. The van der Waals surface area contributed by atoms with Gasteiger partial charge in [0.15, 0.2) is 0 Å². The van der Waals surface area contributed by atoms with E-state index >= 15 is 0 Å². The summed E-state index contributed by atoms with van der Waals surface area (Å²) >= 11 is 0. The smallest absolute Gasteiger partial charge is 0.0107 e. The molecule has 1 rings (SSSR count). The third kappa shape index (κ3) is 5.86. The van der Waals surface area contributed by atoms with Crippen LogP contribution in [0, 0.1) is 5.41 Å². The maximum atomic E-state index is 3.57. The lowest BCUT2D eigenvalue weighted by atomic mass is 9.85. The number of nitrogens with zero attached hydrogens (tertiary/aromatic N) is 1. The molecule has 0 aliphatic carbocycles. The van der Waals surface area contributed by atoms with Crippen molar-refractivity contribution in [3.63, 3.8) is 0 Å². The van der Waals surface area contributed by atoms with Crippen LogP contribution in [0.4, 0.5) is 0 Å². The van der Waals surface area contributed by atoms with Gasteiger partial charge in [-0.2, -0.15) is 0 Å². The zero-order chi connectivity index (χ0) is 12.2. The van der Waals surface area contributed by atoms with Gasteiger partial charge in [0.25, 0.3) is 0 Å². The molecule has 0 saturated carbocycles. The van der Waals surface area contributed by atoms with Crippen molar-refractivity contribution >= 4 is 0 Å². The molecule has 0 bridgehead atoms. The fourth-order valence-corrected chi connectivity index (χ4v) is 2.29. The van der Waals surface area contributed by atoms with Crippen molar-refractivity contribution < 1.29 is 0 Å². The molecule has 1 fully saturated rings. The lowest BCUT2D eigenvalue weighted by molar-refractivity contribution is 0.253. The van der Waals surface area contributed by atoms with Crippen LogP contribution < -0.4 is 5.32 Å². The second-order valence-electron chi connectivity index (χ2n) is 7.04. The van der Waals surface area contributed by atoms with Gasteiger partial charge in [0.05, 0.1) is 0 Å². The Labute approximate surface area is 102 Å². The number of rotatable bonds is 3. The van der Waals surface area contributed by atoms with Gasteiger partial charge in [0, 0.05) is 18.6 Å². The molecule has 0 amide bonds. The van der Waals surface area contributed by atoms with Crippen LogP contribution in [0.3, 0.4) is 0 Å². The largest absolute Gasteiger partial charge is 0.311 e. The van der Waals surface area contributed by atoms with Gasteiger partial charge in [-0.25, -0.2) is 0 Å². The number of likely N-dealkylation sites (tertiary alicyclic amines) is 1. The van der Waals surface area contributed by atoms with E-state index in [1.165, 1.54) is 38.9 Å². The average Bonchev–Trinajstić information content (AvgIpc) is 2.26. The first-order valence-electron chi connectivity index (χ1n) is 6.76. The summed E-state index contributed by atoms with van der Waals surface area (Å²) in [5, 5.41) is 3.57. The normalized spacial score (nSPS) is 23.1. The molecule has 16 heavy (non-hydrogen) atoms. The summed E-state index contributed by atoms with van der Waals surface area (Å²) in [4.78, 5) is 2.62. The molecule has 0 atom stereocenters. The van der Waals surface area contributed by atoms with E-state index in [1.54, 1.807) is 0 Å². The molecule has 2 heteroatoms. The van der Waals surface area contributed by atoms with Gasteiger partial charge in [0.1, 0.15) is 0 Å². The number of hydrogen-bond acceptors (Lipinski definition) is 2. The van der Waals surface area contributed by atoms with Crippen LogP contribution in [0.2, 0.25) is 0 Å². The molecule has 1 N–H and O–H groups in total. The Morgan fingerprint density at radius 3 is 2.44 bits per heavy atom. The minimum atomic E-state index is 0.255. The van der Waals surface area contributed by atoms with E-state index in [4.69, 9.17) is 0 Å². The molecular weight excluding hydrogens is 196 g/mol. The highest BCUT2D eigenvalue weighted by Crippen LogP contribution is 2.29. The van der Waals surface area contributed by atoms with Crippen molar-refractivity contribution in [2.75, 3.05) is 26.2 Å². The second-order valence-corrected chi connectivity index (χ2v) is 7.04. The maximum Gasteiger partial charge on any atom is 0.0107 e. The van der Waals surface area contributed by atoms with E-state index in [9.17, 15) is 0 Å². The van der Waals surface area contributed by atoms with Gasteiger partial charge < -0.3 is 10.2 Å². The van der Waals surface area contributed by atoms with E-state index in [0.29, 0.717) is 5.41 Å². The van der Waals surface area contributed by atoms with Gasteiger partial charge >= 0.3 is 0 Å². The molecule has 0 unspecified atom stereocenters. The molecule has 2 nitrogen and oxygen atoms in total. The molecule has 0 spiro atoms. The molecule has 1 aliphatic heterocycles. The van der Waals surface area contributed by atoms with Crippen LogP contribution in [0.5, 0.6) is 0 Å². The Bertz CT molecular complexity index is 203. The monoisotopic (exact) mass is 226 g/mol. The Morgan fingerprint density at radius 1 is 1.12 bits per heavy atom. The predicted octanol–water partition coefficient (Wildman–Crippen LogP) is 2.89. The fraction of sp³-hybridized carbons (Fsp3) is 1.00. The van der Waals surface area contributed by atoms with Crippen LogP contribution in [0.25, 0.3) is 0 Å². The number of hydrogen-bond donors (Lipinski definition) is 1. The summed E-state index contributed by atoms with van der Waals surface area (Å²) in [5.74, 6) is 0. The standard InChI is InChI=1S/C14H30N2/c1-13(2,3)15-9-12-16-10-6-7-14(4,5)8-11-16/h15H,6-12H2,1-5H3. The summed E-state index contributed by atoms with van der Waals surface area (Å²) in [6.07, 6.45) is 4.10. The van der Waals surface area contributed by atoms with Gasteiger partial charge in [0.2, 0.25) is 0 Å². The van der Waals surface area contributed by atoms with Crippen LogP contribution >= 0.6 is 0 Å². The molecule has 0 aromatic rings. The van der Waals surface area contributed by atoms with E-state index < -0.39 is 0 Å². The summed E-state index contributed by atoms with van der Waals surface area (Å²) in [6, 6.07) is 0. The Morgan fingerprint density at radius 2 is 1.81 bits per heavy atom. The van der Waals surface area contributed by atoms with E-state index in [0.717, 1.165) is 6.54 Å². The summed E-state index contributed by atoms with van der Waals surface area (Å²) in [6.45, 7) is 16.4. The molecule has 1 aliphatic rings. The first-order chi connectivity index (χ1) is 7.29. The molecule has 0 radical (unpaired) electrons. The zero-order valence-electron chi connectivity index (χ0n) is 11.9. The highest BCUT2D eigenvalue weighted by atomic mass is 15.1. The van der Waals surface area contributed by atoms with Crippen molar-refractivity contribution in [3.05, 3.63) is 0 Å². The van der Waals surface area contributed by atoms with E-state index in [2.05, 4.69) is 44.8 Å². The molecular formula is C14H30N2. The lowest BCUT2D eigenvalue weighted by Crippen LogP contribution is -2.41. The first-order valence-corrected chi connectivity index (χ1v) is 6.76. The summed E-state index contributed by atoms with van der Waals surface area (Å²) in [7, 11) is 0. The Balaban J connectivity index is 2.23. The minimum absolute atomic E-state index is 0.255. The maximum absolute atomic E-state index is 3.57. The summed E-state index contributed by atoms with van der Waals surface area (Å²) in [5.41, 5.74) is 0.817. The van der Waals surface area contributed by atoms with Crippen molar-refractivity contribution in [1.29, 1.82) is 0 Å². The van der Waals surface area contributed by atoms with Crippen molar-refractivity contribution in [3.8, 4) is 0 Å². The van der Waals surface area contributed by atoms with Crippen LogP contribution in [0.1, 0.15) is 53.9 Å². The van der Waals surface area contributed by atoms with Crippen molar-refractivity contribution in [1.82, 2.24) is 10.2 Å². The van der Waals surface area contributed by atoms with Gasteiger partial charge in [-0.3, -0.25) is 0 Å². The highest BCUT2D eigenvalue weighted by Gasteiger charge is 2.22. The third-order valence-corrected chi connectivity index (χ3v) is 3.52. The second kappa shape index (κ2) is 5.50. The molecule has 1 heterocycles. The van der Waals surface area contributed by atoms with Gasteiger partial charge in [-0.15, -0.1) is 0 Å². The molecule has 0 aromatic carbocycles. The minimum Gasteiger partial charge on any atom is -0.311 e. The van der Waals surface area contributed by atoms with Crippen LogP contribution in [-0.4, -0.2) is 36.6 Å². The molecule has 96 valence electrons. The van der Waals surface area contributed by atoms with Gasteiger partial charge in [-0.1, -0.05) is 13.8 Å². The van der Waals surface area contributed by atoms with Crippen molar-refractivity contribution in [2.24, 2.45) is 5.41 Å². The predicted molar refractivity (Wildman–Crippen MR) is 71.8 cm³/mol. The average molecular weight is 226 g/mol. The van der Waals surface area contributed by atoms with E-state index in [1.807, 2.05) is 0 Å². The molecule has 0 aromatic heterocycles. The summed E-state index contributed by atoms with van der Waals surface area (Å²) < 4.78 is 0.